The third kappa shape index (κ3) is 4.51. The number of urea groups is 1. The largest absolute Gasteiger partial charge is 0.494 e. The van der Waals surface area contributed by atoms with E-state index in [1.54, 1.807) is 25.6 Å². The molecule has 0 unspecified atom stereocenters. The van der Waals surface area contributed by atoms with Crippen molar-refractivity contribution in [1.29, 1.82) is 0 Å². The Kier molecular flexibility index (Phi) is 5.65. The van der Waals surface area contributed by atoms with Crippen LogP contribution < -0.4 is 14.8 Å². The zero-order valence-corrected chi connectivity index (χ0v) is 16.3. The van der Waals surface area contributed by atoms with E-state index in [1.807, 2.05) is 47.5 Å². The molecule has 0 spiro atoms. The lowest BCUT2D eigenvalue weighted by atomic mass is 9.94. The van der Waals surface area contributed by atoms with Gasteiger partial charge in [-0.15, -0.1) is 0 Å². The molecule has 1 aliphatic rings. The minimum absolute atomic E-state index is 0.122. The minimum atomic E-state index is -0.122. The van der Waals surface area contributed by atoms with Crippen molar-refractivity contribution >= 4 is 11.7 Å². The number of carbonyl (C=O) groups is 1. The van der Waals surface area contributed by atoms with Gasteiger partial charge in [0.15, 0.2) is 0 Å². The number of carbonyl (C=O) groups excluding carboxylic acids is 1. The molecule has 0 bridgehead atoms. The molecule has 0 radical (unpaired) electrons. The fourth-order valence-electron chi connectivity index (χ4n) is 3.54. The molecule has 2 amide bonds. The normalized spacial score (nSPS) is 14.4. The third-order valence-corrected chi connectivity index (χ3v) is 5.13. The van der Waals surface area contributed by atoms with E-state index >= 15 is 0 Å². The topological polar surface area (TPSA) is 79.5 Å². The van der Waals surface area contributed by atoms with Gasteiger partial charge in [-0.05, 0) is 37.1 Å². The van der Waals surface area contributed by atoms with Crippen LogP contribution in [0.5, 0.6) is 17.2 Å². The number of aromatic amines is 1. The van der Waals surface area contributed by atoms with Gasteiger partial charge in [0.2, 0.25) is 0 Å². The second-order valence-electron chi connectivity index (χ2n) is 6.98. The summed E-state index contributed by atoms with van der Waals surface area (Å²) in [5, 5.41) is 2.96. The number of imidazole rings is 1. The fraction of sp³-hybridized carbons (Fsp3) is 0.273. The summed E-state index contributed by atoms with van der Waals surface area (Å²) < 4.78 is 11.3. The molecule has 4 rings (SSSR count). The van der Waals surface area contributed by atoms with E-state index in [1.165, 1.54) is 0 Å². The van der Waals surface area contributed by atoms with Crippen LogP contribution in [0.1, 0.15) is 24.5 Å². The Labute approximate surface area is 169 Å². The summed E-state index contributed by atoms with van der Waals surface area (Å²) in [5.74, 6) is 2.36. The Balaban J connectivity index is 1.38. The number of hydrogen-bond donors (Lipinski definition) is 2. The van der Waals surface area contributed by atoms with E-state index in [0.29, 0.717) is 36.2 Å². The summed E-state index contributed by atoms with van der Waals surface area (Å²) in [7, 11) is 1.58. The number of para-hydroxylation sites is 1. The predicted octanol–water partition coefficient (Wildman–Crippen LogP) is 4.62. The van der Waals surface area contributed by atoms with Gasteiger partial charge in [0.05, 0.1) is 19.1 Å². The number of likely N-dealkylation sites (tertiary alicyclic amines) is 1. The van der Waals surface area contributed by atoms with Gasteiger partial charge in [-0.25, -0.2) is 9.78 Å². The van der Waals surface area contributed by atoms with Crippen molar-refractivity contribution in [3.63, 3.8) is 0 Å². The maximum Gasteiger partial charge on any atom is 0.321 e. The van der Waals surface area contributed by atoms with Crippen LogP contribution in [-0.2, 0) is 0 Å². The number of aromatic nitrogens is 2. The first-order valence-corrected chi connectivity index (χ1v) is 9.68. The number of benzene rings is 2. The van der Waals surface area contributed by atoms with E-state index < -0.39 is 0 Å². The van der Waals surface area contributed by atoms with Crippen LogP contribution in [-0.4, -0.2) is 41.1 Å². The summed E-state index contributed by atoms with van der Waals surface area (Å²) >= 11 is 0. The summed E-state index contributed by atoms with van der Waals surface area (Å²) in [4.78, 5) is 21.8. The van der Waals surface area contributed by atoms with E-state index in [0.717, 1.165) is 24.3 Å². The average molecular weight is 392 g/mol. The van der Waals surface area contributed by atoms with Crippen LogP contribution >= 0.6 is 0 Å². The van der Waals surface area contributed by atoms with Gasteiger partial charge in [-0.2, -0.15) is 0 Å². The summed E-state index contributed by atoms with van der Waals surface area (Å²) in [6, 6.07) is 14.8. The molecular weight excluding hydrogens is 368 g/mol. The van der Waals surface area contributed by atoms with Gasteiger partial charge in [0, 0.05) is 37.0 Å². The Bertz CT molecular complexity index is 936. The first-order valence-electron chi connectivity index (χ1n) is 9.68. The lowest BCUT2D eigenvalue weighted by Crippen LogP contribution is -2.40. The Morgan fingerprint density at radius 3 is 2.62 bits per heavy atom. The zero-order valence-electron chi connectivity index (χ0n) is 16.3. The number of methoxy groups -OCH3 is 1. The highest BCUT2D eigenvalue weighted by molar-refractivity contribution is 5.91. The molecule has 1 fully saturated rings. The molecular formula is C22H24N4O3. The maximum absolute atomic E-state index is 12.7. The van der Waals surface area contributed by atoms with Crippen LogP contribution in [0.3, 0.4) is 0 Å². The molecule has 3 aromatic rings. The molecule has 1 aliphatic heterocycles. The fourth-order valence-corrected chi connectivity index (χ4v) is 3.54. The van der Waals surface area contributed by atoms with Crippen molar-refractivity contribution in [3.05, 3.63) is 66.7 Å². The first kappa shape index (κ1) is 18.9. The molecule has 1 saturated heterocycles. The number of piperidine rings is 1. The number of ether oxygens (including phenoxy) is 2. The van der Waals surface area contributed by atoms with E-state index in [4.69, 9.17) is 9.47 Å². The van der Waals surface area contributed by atoms with E-state index in [9.17, 15) is 4.79 Å². The number of H-pyrrole nitrogens is 1. The monoisotopic (exact) mass is 392 g/mol. The van der Waals surface area contributed by atoms with Gasteiger partial charge < -0.3 is 24.7 Å². The summed E-state index contributed by atoms with van der Waals surface area (Å²) in [6.45, 7) is 1.40. The van der Waals surface area contributed by atoms with Crippen molar-refractivity contribution in [2.75, 3.05) is 25.5 Å². The number of nitrogens with one attached hydrogen (secondary N) is 2. The molecule has 0 aliphatic carbocycles. The summed E-state index contributed by atoms with van der Waals surface area (Å²) in [5.41, 5.74) is 1.76. The number of hydrogen-bond acceptors (Lipinski definition) is 4. The molecule has 0 saturated carbocycles. The van der Waals surface area contributed by atoms with Crippen LogP contribution in [0.15, 0.2) is 61.1 Å². The molecule has 29 heavy (non-hydrogen) atoms. The van der Waals surface area contributed by atoms with Crippen LogP contribution in [0.2, 0.25) is 0 Å². The van der Waals surface area contributed by atoms with Gasteiger partial charge >= 0.3 is 6.03 Å². The number of nitrogens with zero attached hydrogens (tertiary/aromatic N) is 2. The lowest BCUT2D eigenvalue weighted by Gasteiger charge is -2.31. The Hall–Kier alpha value is -3.48. The molecule has 2 heterocycles. The molecule has 1 aromatic heterocycles. The second-order valence-corrected chi connectivity index (χ2v) is 6.98. The first-order chi connectivity index (χ1) is 14.2. The van der Waals surface area contributed by atoms with Gasteiger partial charge in [-0.1, -0.05) is 18.2 Å². The van der Waals surface area contributed by atoms with Crippen molar-refractivity contribution in [2.45, 2.75) is 18.8 Å². The van der Waals surface area contributed by atoms with Crippen LogP contribution in [0, 0.1) is 0 Å². The molecule has 7 heteroatoms. The Morgan fingerprint density at radius 1 is 1.14 bits per heavy atom. The van der Waals surface area contributed by atoms with Crippen LogP contribution in [0.25, 0.3) is 0 Å². The SMILES string of the molecule is COc1cc(Oc2ccccc2)ccc1NC(=O)N1CCC(c2cnc[nH]2)CC1. The van der Waals surface area contributed by atoms with Crippen molar-refractivity contribution < 1.29 is 14.3 Å². The lowest BCUT2D eigenvalue weighted by molar-refractivity contribution is 0.194. The van der Waals surface area contributed by atoms with Crippen molar-refractivity contribution in [1.82, 2.24) is 14.9 Å². The molecule has 150 valence electrons. The number of amides is 2. The van der Waals surface area contributed by atoms with Crippen LogP contribution in [0.4, 0.5) is 10.5 Å². The molecule has 2 aromatic carbocycles. The molecule has 0 atom stereocenters. The summed E-state index contributed by atoms with van der Waals surface area (Å²) in [6.07, 6.45) is 5.39. The number of anilines is 1. The standard InChI is InChI=1S/C22H24N4O3/c1-28-21-13-18(29-17-5-3-2-4-6-17)7-8-19(21)25-22(27)26-11-9-16(10-12-26)20-14-23-15-24-20/h2-8,13-16H,9-12H2,1H3,(H,23,24)(H,25,27). The average Bonchev–Trinajstić information content (AvgIpc) is 3.30. The minimum Gasteiger partial charge on any atom is -0.494 e. The maximum atomic E-state index is 12.7. The highest BCUT2D eigenvalue weighted by Crippen LogP contribution is 2.32. The van der Waals surface area contributed by atoms with E-state index in [2.05, 4.69) is 15.3 Å². The smallest absolute Gasteiger partial charge is 0.321 e. The van der Waals surface area contributed by atoms with Gasteiger partial charge in [-0.3, -0.25) is 0 Å². The molecule has 2 N–H and O–H groups in total. The van der Waals surface area contributed by atoms with Gasteiger partial charge in [0.25, 0.3) is 0 Å². The third-order valence-electron chi connectivity index (χ3n) is 5.13. The highest BCUT2D eigenvalue weighted by Gasteiger charge is 2.25. The predicted molar refractivity (Wildman–Crippen MR) is 111 cm³/mol. The number of rotatable bonds is 5. The Morgan fingerprint density at radius 2 is 1.93 bits per heavy atom. The zero-order chi connectivity index (χ0) is 20.1. The second kappa shape index (κ2) is 8.68. The quantitative estimate of drug-likeness (QED) is 0.664. The molecule has 7 nitrogen and oxygen atoms in total. The highest BCUT2D eigenvalue weighted by atomic mass is 16.5. The van der Waals surface area contributed by atoms with Crippen molar-refractivity contribution in [2.24, 2.45) is 0 Å². The van der Waals surface area contributed by atoms with Gasteiger partial charge in [0.1, 0.15) is 17.2 Å². The van der Waals surface area contributed by atoms with E-state index in [-0.39, 0.29) is 6.03 Å². The van der Waals surface area contributed by atoms with Crippen molar-refractivity contribution in [3.8, 4) is 17.2 Å².